The van der Waals surface area contributed by atoms with Gasteiger partial charge in [-0.1, -0.05) is 119 Å². The van der Waals surface area contributed by atoms with Crippen molar-refractivity contribution in [1.82, 2.24) is 39.9 Å². The Morgan fingerprint density at radius 2 is 1.42 bits per heavy atom. The van der Waals surface area contributed by atoms with Crippen molar-refractivity contribution in [3.8, 4) is 10.4 Å². The van der Waals surface area contributed by atoms with E-state index in [1.807, 2.05) is 106 Å². The monoisotopic (exact) mass is 1530 g/mol. The number of carbonyl (C=O) groups excluding carboxylic acids is 4. The zero-order valence-electron chi connectivity index (χ0n) is 60.3. The summed E-state index contributed by atoms with van der Waals surface area (Å²) in [5, 5.41) is 20.5. The molecule has 562 valence electrons. The maximum Gasteiger partial charge on any atom is 0.501 e. The number of alkyl halides is 3. The average Bonchev–Trinajstić information content (AvgIpc) is 1.10. The standard InChI is InChI=1S/C77H98ClF3N10O9S4/c1-52(54-18-20-56(21-19-54)70-53(2)82-51-102-70)83-73(95)67-45-62(92)49-91(67)74(96)71(75(3,4)5)85-69(93)17-13-8-9-14-35-87-37-39-88(40-38-87)36-33-60(50-101-63-15-11-10-12-16-63)84-66-31-30-64(46-68(66)103(97,98)77(79,80)81)104(99,100)86-72(94)57-24-28-61(29-25-57)90-43-41-89(42-44-90)48-58-47-76(6,7)34-32-65(58)55-22-26-59(78)27-23-55/h10-12,15-16,18-31,46,51-52,60,62,67,71,84,92H,8-9,13-14,17,32-45,47-50H2,1-7H3,(H,83,95)(H,85,93)(H,86,94). The molecule has 1 aromatic heterocycles. The van der Waals surface area contributed by atoms with Crippen molar-refractivity contribution in [3.05, 3.63) is 160 Å². The SMILES string of the molecule is Cc1ncsc1-c1ccc(C(C)NC(=O)C2CC(O)CN2C(=O)C(NC(=O)CCCCCCN2CCN(CCC(CSc3ccccc3)Nc3ccc(S(=O)(=O)NC(=O)c4ccc(N5CCN(CC6=C(c7ccc(Cl)cc7)CCC(C)(C)C6)CC5)cc4)cc3S(=O)(=O)C(F)(F)F)CC2)C(C)(C)C)cc1. The summed E-state index contributed by atoms with van der Waals surface area (Å²) in [6.45, 7) is 22.1. The van der Waals surface area contributed by atoms with Crippen LogP contribution in [-0.2, 0) is 34.2 Å². The van der Waals surface area contributed by atoms with Gasteiger partial charge in [-0.25, -0.2) is 26.5 Å². The number of aryl methyl sites for hydroxylation is 1. The Hall–Kier alpha value is -6.88. The van der Waals surface area contributed by atoms with Crippen molar-refractivity contribution in [3.63, 3.8) is 0 Å². The highest BCUT2D eigenvalue weighted by Crippen LogP contribution is 2.44. The number of sulfonamides is 1. The van der Waals surface area contributed by atoms with Crippen LogP contribution >= 0.6 is 34.7 Å². The van der Waals surface area contributed by atoms with Crippen molar-refractivity contribution < 1.29 is 54.3 Å². The van der Waals surface area contributed by atoms with Crippen LogP contribution in [0.25, 0.3) is 16.0 Å². The van der Waals surface area contributed by atoms with Gasteiger partial charge in [0.15, 0.2) is 0 Å². The fourth-order valence-corrected chi connectivity index (χ4v) is 18.1. The van der Waals surface area contributed by atoms with E-state index in [9.17, 15) is 54.3 Å². The molecular formula is C77H98ClF3N10O9S4. The van der Waals surface area contributed by atoms with Crippen molar-refractivity contribution >= 4 is 95.1 Å². The van der Waals surface area contributed by atoms with Crippen LogP contribution in [-0.4, -0.2) is 184 Å². The van der Waals surface area contributed by atoms with E-state index in [4.69, 9.17) is 11.6 Å². The van der Waals surface area contributed by atoms with E-state index in [-0.39, 0.29) is 48.2 Å². The van der Waals surface area contributed by atoms with E-state index in [1.54, 1.807) is 29.0 Å². The maximum absolute atomic E-state index is 14.6. The lowest BCUT2D eigenvalue weighted by Gasteiger charge is -2.39. The highest BCUT2D eigenvalue weighted by Gasteiger charge is 2.49. The molecule has 5 N–H and O–H groups in total. The third-order valence-electron chi connectivity index (χ3n) is 20.2. The van der Waals surface area contributed by atoms with E-state index >= 15 is 0 Å². The average molecular weight is 1530 g/mol. The minimum absolute atomic E-state index is 0.0251. The molecule has 6 aromatic rings. The second-order valence-corrected chi connectivity index (χ2v) is 35.7. The third kappa shape index (κ3) is 21.0. The zero-order chi connectivity index (χ0) is 74.7. The molecule has 1 aliphatic carbocycles. The first-order chi connectivity index (χ1) is 49.3. The number of aliphatic hydroxyl groups excluding tert-OH is 1. The van der Waals surface area contributed by atoms with Gasteiger partial charge in [0.05, 0.1) is 38.8 Å². The molecule has 4 amide bonds. The predicted molar refractivity (Wildman–Crippen MR) is 407 cm³/mol. The summed E-state index contributed by atoms with van der Waals surface area (Å²) in [6, 6.07) is 31.3. The fourth-order valence-electron chi connectivity index (χ4n) is 14.1. The predicted octanol–water partition coefficient (Wildman–Crippen LogP) is 12.9. The number of piperazine rings is 2. The highest BCUT2D eigenvalue weighted by molar-refractivity contribution is 7.99. The molecule has 104 heavy (non-hydrogen) atoms. The number of amides is 4. The highest BCUT2D eigenvalue weighted by atomic mass is 35.5. The smallest absolute Gasteiger partial charge is 0.391 e. The number of unbranched alkanes of at least 4 members (excludes halogenated alkanes) is 3. The summed E-state index contributed by atoms with van der Waals surface area (Å²) in [7, 11) is -11.1. The maximum atomic E-state index is 14.6. The summed E-state index contributed by atoms with van der Waals surface area (Å²) >= 11 is 9.22. The van der Waals surface area contributed by atoms with E-state index in [0.29, 0.717) is 62.4 Å². The van der Waals surface area contributed by atoms with Gasteiger partial charge in [0.1, 0.15) is 17.0 Å². The number of thioether (sulfide) groups is 1. The number of hydrogen-bond acceptors (Lipinski definition) is 17. The molecule has 4 aliphatic rings. The number of hydrogen-bond donors (Lipinski definition) is 5. The molecule has 5 aromatic carbocycles. The van der Waals surface area contributed by atoms with Gasteiger partial charge in [-0.15, -0.1) is 23.1 Å². The molecule has 5 atom stereocenters. The molecule has 3 saturated heterocycles. The number of halogens is 4. The summed E-state index contributed by atoms with van der Waals surface area (Å²) in [5.74, 6) is -1.81. The number of allylic oxidation sites excluding steroid dienone is 1. The van der Waals surface area contributed by atoms with Gasteiger partial charge in [-0.05, 0) is 159 Å². The molecule has 4 heterocycles. The van der Waals surface area contributed by atoms with Crippen LogP contribution in [0, 0.1) is 17.8 Å². The lowest BCUT2D eigenvalue weighted by Crippen LogP contribution is -2.57. The van der Waals surface area contributed by atoms with Gasteiger partial charge < -0.3 is 40.7 Å². The van der Waals surface area contributed by atoms with Crippen molar-refractivity contribution in [2.75, 3.05) is 94.5 Å². The minimum atomic E-state index is -6.15. The van der Waals surface area contributed by atoms with E-state index in [2.05, 4.69) is 66.5 Å². The number of rotatable bonds is 29. The number of β-amino-alcohol motifs (C(OH)–C–C–N with tert-alkyl or cyclic N) is 1. The Balaban J connectivity index is 0.682. The zero-order valence-corrected chi connectivity index (χ0v) is 64.3. The van der Waals surface area contributed by atoms with Crippen LogP contribution < -0.4 is 25.6 Å². The first-order valence-electron chi connectivity index (χ1n) is 35.9. The second kappa shape index (κ2) is 34.8. The number of anilines is 2. The van der Waals surface area contributed by atoms with Gasteiger partial charge in [-0.2, -0.15) is 13.2 Å². The van der Waals surface area contributed by atoms with Crippen molar-refractivity contribution in [1.29, 1.82) is 0 Å². The number of aromatic nitrogens is 1. The van der Waals surface area contributed by atoms with E-state index < -0.39 is 82.3 Å². The molecule has 0 spiro atoms. The van der Waals surface area contributed by atoms with E-state index in [0.717, 1.165) is 122 Å². The molecule has 27 heteroatoms. The Morgan fingerprint density at radius 1 is 0.779 bits per heavy atom. The van der Waals surface area contributed by atoms with Gasteiger partial charge in [0, 0.05) is 118 Å². The molecular weight excluding hydrogens is 1430 g/mol. The first-order valence-corrected chi connectivity index (χ1v) is 41.1. The molecule has 3 aliphatic heterocycles. The fraction of sp³-hybridized carbons (Fsp3) is 0.494. The molecule has 10 rings (SSSR count). The number of nitrogens with zero attached hydrogens (tertiary/aromatic N) is 6. The Kier molecular flexibility index (Phi) is 26.6. The van der Waals surface area contributed by atoms with Crippen LogP contribution in [0.1, 0.15) is 139 Å². The van der Waals surface area contributed by atoms with Crippen LogP contribution in [0.4, 0.5) is 24.5 Å². The number of carbonyl (C=O) groups is 4. The molecule has 3 fully saturated rings. The largest absolute Gasteiger partial charge is 0.501 e. The lowest BCUT2D eigenvalue weighted by atomic mass is 9.73. The number of likely N-dealkylation sites (tertiary alicyclic amines) is 1. The lowest BCUT2D eigenvalue weighted by molar-refractivity contribution is -0.144. The molecule has 0 bridgehead atoms. The van der Waals surface area contributed by atoms with Gasteiger partial charge in [-0.3, -0.25) is 24.1 Å². The van der Waals surface area contributed by atoms with Crippen LogP contribution in [0.15, 0.2) is 147 Å². The Labute approximate surface area is 624 Å². The number of thiazole rings is 1. The molecule has 5 unspecified atom stereocenters. The molecule has 19 nitrogen and oxygen atoms in total. The van der Waals surface area contributed by atoms with Crippen LogP contribution in [0.3, 0.4) is 0 Å². The summed E-state index contributed by atoms with van der Waals surface area (Å²) < 4.78 is 100. The van der Waals surface area contributed by atoms with Gasteiger partial charge >= 0.3 is 5.51 Å². The molecule has 0 saturated carbocycles. The molecule has 0 radical (unpaired) electrons. The van der Waals surface area contributed by atoms with Crippen molar-refractivity contribution in [2.24, 2.45) is 10.8 Å². The number of sulfone groups is 1. The normalized spacial score (nSPS) is 19.0. The van der Waals surface area contributed by atoms with Crippen molar-refractivity contribution in [2.45, 2.75) is 163 Å². The first kappa shape index (κ1) is 79.7. The Bertz CT molecular complexity index is 4200. The summed E-state index contributed by atoms with van der Waals surface area (Å²) in [6.07, 6.45) is 6.02. The second-order valence-electron chi connectivity index (χ2n) is 29.8. The number of nitrogens with one attached hydrogen (secondary N) is 4. The number of aliphatic hydroxyl groups is 1. The van der Waals surface area contributed by atoms with Crippen LogP contribution in [0.2, 0.25) is 5.02 Å². The van der Waals surface area contributed by atoms with Crippen LogP contribution in [0.5, 0.6) is 0 Å². The Morgan fingerprint density at radius 3 is 2.07 bits per heavy atom. The number of benzene rings is 5. The van der Waals surface area contributed by atoms with Gasteiger partial charge in [0.25, 0.3) is 25.8 Å². The van der Waals surface area contributed by atoms with Gasteiger partial charge in [0.2, 0.25) is 17.7 Å². The van der Waals surface area contributed by atoms with E-state index in [1.165, 1.54) is 45.5 Å². The topological polar surface area (TPSA) is 234 Å². The third-order valence-corrected chi connectivity index (χ3v) is 25.5. The summed E-state index contributed by atoms with van der Waals surface area (Å²) in [5.41, 5.74) is 2.74. The quantitative estimate of drug-likeness (QED) is 0.0217. The summed E-state index contributed by atoms with van der Waals surface area (Å²) in [4.78, 5) is 70.0. The minimum Gasteiger partial charge on any atom is -0.391 e.